The number of hydrogen-bond donors (Lipinski definition) is 1. The standard InChI is InChI=1S/C22H20N4O5S2/c1-5-31-21(30)19-11(3)25-22(33-19)26-15(13-6-8-23-9-7-13)14(17(28)20(26)29)16(27)18-10(2)24-12(4)32-18/h6-9,15,28H,5H2,1-4H3. The number of ketones is 1. The Balaban J connectivity index is 1.85. The third-order valence-corrected chi connectivity index (χ3v) is 7.24. The van der Waals surface area contributed by atoms with E-state index in [1.807, 2.05) is 0 Å². The molecule has 9 nitrogen and oxygen atoms in total. The van der Waals surface area contributed by atoms with E-state index in [0.717, 1.165) is 11.3 Å². The molecule has 0 saturated heterocycles. The number of hydrogen-bond acceptors (Lipinski definition) is 10. The molecule has 3 aromatic rings. The lowest BCUT2D eigenvalue weighted by Gasteiger charge is -2.24. The minimum absolute atomic E-state index is 0.0662. The number of aliphatic hydroxyl groups is 1. The average Bonchev–Trinajstić information content (AvgIpc) is 3.41. The van der Waals surface area contributed by atoms with Gasteiger partial charge in [-0.15, -0.1) is 11.3 Å². The fraction of sp³-hybridized carbons (Fsp3) is 0.273. The summed E-state index contributed by atoms with van der Waals surface area (Å²) in [7, 11) is 0. The van der Waals surface area contributed by atoms with Gasteiger partial charge in [-0.3, -0.25) is 19.5 Å². The number of aromatic nitrogens is 3. The van der Waals surface area contributed by atoms with Crippen LogP contribution in [0.2, 0.25) is 0 Å². The van der Waals surface area contributed by atoms with Crippen molar-refractivity contribution in [2.24, 2.45) is 0 Å². The maximum absolute atomic E-state index is 13.5. The van der Waals surface area contributed by atoms with Crippen molar-refractivity contribution in [3.8, 4) is 0 Å². The number of Topliss-reactive ketones (excluding diaryl/α,β-unsaturated/α-hetero) is 1. The molecule has 170 valence electrons. The zero-order valence-corrected chi connectivity index (χ0v) is 19.9. The number of amides is 1. The molecule has 0 saturated carbocycles. The second-order valence-corrected chi connectivity index (χ2v) is 9.41. The lowest BCUT2D eigenvalue weighted by Crippen LogP contribution is -2.31. The van der Waals surface area contributed by atoms with Crippen molar-refractivity contribution in [2.75, 3.05) is 11.5 Å². The summed E-state index contributed by atoms with van der Waals surface area (Å²) < 4.78 is 5.08. The Kier molecular flexibility index (Phi) is 6.09. The molecule has 0 aliphatic carbocycles. The Labute approximate surface area is 197 Å². The van der Waals surface area contributed by atoms with Crippen LogP contribution in [0.15, 0.2) is 35.9 Å². The summed E-state index contributed by atoms with van der Waals surface area (Å²) in [5.74, 6) is -2.46. The number of carbonyl (C=O) groups is 3. The lowest BCUT2D eigenvalue weighted by molar-refractivity contribution is -0.117. The molecule has 1 atom stereocenters. The fourth-order valence-electron chi connectivity index (χ4n) is 3.63. The highest BCUT2D eigenvalue weighted by Crippen LogP contribution is 2.44. The van der Waals surface area contributed by atoms with E-state index in [2.05, 4.69) is 15.0 Å². The van der Waals surface area contributed by atoms with Crippen LogP contribution >= 0.6 is 22.7 Å². The molecule has 1 aliphatic rings. The second kappa shape index (κ2) is 8.83. The summed E-state index contributed by atoms with van der Waals surface area (Å²) in [5.41, 5.74) is 1.42. The third kappa shape index (κ3) is 3.93. The van der Waals surface area contributed by atoms with Crippen molar-refractivity contribution in [2.45, 2.75) is 33.7 Å². The van der Waals surface area contributed by atoms with Crippen LogP contribution in [0.1, 0.15) is 54.3 Å². The Hall–Kier alpha value is -3.44. The molecule has 1 amide bonds. The van der Waals surface area contributed by atoms with Crippen molar-refractivity contribution in [3.63, 3.8) is 0 Å². The molecule has 33 heavy (non-hydrogen) atoms. The number of ether oxygens (including phenoxy) is 1. The van der Waals surface area contributed by atoms with Crippen LogP contribution in [0.25, 0.3) is 0 Å². The Morgan fingerprint density at radius 1 is 1.09 bits per heavy atom. The van der Waals surface area contributed by atoms with Gasteiger partial charge in [-0.2, -0.15) is 0 Å². The number of carbonyl (C=O) groups excluding carboxylic acids is 3. The van der Waals surface area contributed by atoms with Gasteiger partial charge in [-0.25, -0.2) is 14.8 Å². The fourth-order valence-corrected chi connectivity index (χ4v) is 5.49. The number of nitrogens with zero attached hydrogens (tertiary/aromatic N) is 4. The van der Waals surface area contributed by atoms with Crippen LogP contribution in [-0.4, -0.2) is 44.3 Å². The molecule has 3 aromatic heterocycles. The molecule has 0 fully saturated rings. The highest BCUT2D eigenvalue weighted by Gasteiger charge is 2.46. The van der Waals surface area contributed by atoms with Gasteiger partial charge in [0.1, 0.15) is 4.88 Å². The Morgan fingerprint density at radius 3 is 2.36 bits per heavy atom. The number of aryl methyl sites for hydroxylation is 3. The normalized spacial score (nSPS) is 15.9. The second-order valence-electron chi connectivity index (χ2n) is 7.23. The van der Waals surface area contributed by atoms with Gasteiger partial charge in [-0.05, 0) is 45.4 Å². The summed E-state index contributed by atoms with van der Waals surface area (Å²) in [6, 6.07) is 2.37. The number of esters is 1. The Bertz CT molecular complexity index is 1300. The van der Waals surface area contributed by atoms with E-state index in [0.29, 0.717) is 26.8 Å². The first-order valence-corrected chi connectivity index (χ1v) is 11.7. The summed E-state index contributed by atoms with van der Waals surface area (Å²) in [5, 5.41) is 11.7. The van der Waals surface area contributed by atoms with Crippen molar-refractivity contribution in [1.82, 2.24) is 15.0 Å². The van der Waals surface area contributed by atoms with Gasteiger partial charge < -0.3 is 9.84 Å². The maximum atomic E-state index is 13.5. The highest BCUT2D eigenvalue weighted by molar-refractivity contribution is 7.17. The smallest absolute Gasteiger partial charge is 0.350 e. The number of thiazole rings is 2. The zero-order chi connectivity index (χ0) is 23.9. The predicted octanol–water partition coefficient (Wildman–Crippen LogP) is 3.88. The van der Waals surface area contributed by atoms with E-state index in [1.54, 1.807) is 39.8 Å². The number of anilines is 1. The Morgan fingerprint density at radius 2 is 1.76 bits per heavy atom. The predicted molar refractivity (Wildman–Crippen MR) is 123 cm³/mol. The molecule has 4 rings (SSSR count). The van der Waals surface area contributed by atoms with Crippen LogP contribution in [0, 0.1) is 20.8 Å². The minimum Gasteiger partial charge on any atom is -0.503 e. The molecule has 11 heteroatoms. The molecule has 1 unspecified atom stereocenters. The van der Waals surface area contributed by atoms with Crippen LogP contribution in [-0.2, 0) is 9.53 Å². The summed E-state index contributed by atoms with van der Waals surface area (Å²) in [4.78, 5) is 53.6. The van der Waals surface area contributed by atoms with Crippen molar-refractivity contribution >= 4 is 45.5 Å². The van der Waals surface area contributed by atoms with Gasteiger partial charge in [0, 0.05) is 12.4 Å². The van der Waals surface area contributed by atoms with Crippen LogP contribution in [0.4, 0.5) is 5.13 Å². The number of pyridine rings is 1. The van der Waals surface area contributed by atoms with Gasteiger partial charge in [0.15, 0.2) is 10.9 Å². The molecule has 0 bridgehead atoms. The van der Waals surface area contributed by atoms with Gasteiger partial charge in [0.05, 0.1) is 39.5 Å². The first-order valence-electron chi connectivity index (χ1n) is 10.0. The van der Waals surface area contributed by atoms with Gasteiger partial charge >= 0.3 is 5.97 Å². The first kappa shape index (κ1) is 22.7. The lowest BCUT2D eigenvalue weighted by atomic mass is 9.96. The number of rotatable bonds is 6. The molecular formula is C22H20N4O5S2. The van der Waals surface area contributed by atoms with Gasteiger partial charge in [0.2, 0.25) is 5.78 Å². The average molecular weight is 485 g/mol. The summed E-state index contributed by atoms with van der Waals surface area (Å²) >= 11 is 2.17. The molecule has 0 radical (unpaired) electrons. The van der Waals surface area contributed by atoms with Crippen molar-refractivity contribution < 1.29 is 24.2 Å². The molecule has 1 aliphatic heterocycles. The van der Waals surface area contributed by atoms with Gasteiger partial charge in [-0.1, -0.05) is 11.3 Å². The van der Waals surface area contributed by atoms with E-state index < -0.39 is 29.5 Å². The van der Waals surface area contributed by atoms with Crippen LogP contribution in [0.5, 0.6) is 0 Å². The number of aliphatic hydroxyl groups excluding tert-OH is 1. The van der Waals surface area contributed by atoms with Crippen molar-refractivity contribution in [3.05, 3.63) is 67.6 Å². The van der Waals surface area contributed by atoms with E-state index in [4.69, 9.17) is 4.74 Å². The topological polar surface area (TPSA) is 123 Å². The van der Waals surface area contributed by atoms with Crippen LogP contribution < -0.4 is 4.90 Å². The minimum atomic E-state index is -0.949. The molecule has 1 N–H and O–H groups in total. The molecule has 0 spiro atoms. The molecule has 4 heterocycles. The maximum Gasteiger partial charge on any atom is 0.350 e. The molecular weight excluding hydrogens is 464 g/mol. The van der Waals surface area contributed by atoms with E-state index in [1.165, 1.54) is 28.6 Å². The first-order chi connectivity index (χ1) is 15.7. The van der Waals surface area contributed by atoms with Crippen LogP contribution in [0.3, 0.4) is 0 Å². The van der Waals surface area contributed by atoms with E-state index in [9.17, 15) is 19.5 Å². The zero-order valence-electron chi connectivity index (χ0n) is 18.3. The quantitative estimate of drug-likeness (QED) is 0.413. The summed E-state index contributed by atoms with van der Waals surface area (Å²) in [6.45, 7) is 7.02. The van der Waals surface area contributed by atoms with E-state index >= 15 is 0 Å². The SMILES string of the molecule is CCOC(=O)c1sc(N2C(=O)C(O)=C(C(=O)c3sc(C)nc3C)C2c2ccncc2)nc1C. The van der Waals surface area contributed by atoms with Gasteiger partial charge in [0.25, 0.3) is 5.91 Å². The monoisotopic (exact) mass is 484 g/mol. The highest BCUT2D eigenvalue weighted by atomic mass is 32.1. The molecule has 0 aromatic carbocycles. The van der Waals surface area contributed by atoms with Crippen molar-refractivity contribution in [1.29, 1.82) is 0 Å². The van der Waals surface area contributed by atoms with E-state index in [-0.39, 0.29) is 22.2 Å². The largest absolute Gasteiger partial charge is 0.503 e. The third-order valence-electron chi connectivity index (χ3n) is 5.04. The summed E-state index contributed by atoms with van der Waals surface area (Å²) in [6.07, 6.45) is 3.07.